The third-order valence-electron chi connectivity index (χ3n) is 6.67. The summed E-state index contributed by atoms with van der Waals surface area (Å²) in [5.41, 5.74) is 0. The molecular weight excluding hydrogens is 415 g/mol. The number of hydrogen-bond donors (Lipinski definition) is 2. The van der Waals surface area contributed by atoms with Crippen molar-refractivity contribution in [3.05, 3.63) is 24.0 Å². The lowest BCUT2D eigenvalue weighted by atomic mass is 9.93. The Labute approximate surface area is 203 Å². The molecule has 2 aliphatic carbocycles. The van der Waals surface area contributed by atoms with Crippen LogP contribution in [0.25, 0.3) is 0 Å². The van der Waals surface area contributed by atoms with Crippen LogP contribution in [0.15, 0.2) is 24.0 Å². The summed E-state index contributed by atoms with van der Waals surface area (Å²) in [6.07, 6.45) is 23.1. The first-order chi connectivity index (χ1) is 15.9. The van der Waals surface area contributed by atoms with E-state index in [0.29, 0.717) is 18.2 Å². The van der Waals surface area contributed by atoms with Gasteiger partial charge in [-0.1, -0.05) is 69.9 Å². The van der Waals surface area contributed by atoms with E-state index in [0.717, 1.165) is 44.3 Å². The van der Waals surface area contributed by atoms with Crippen molar-refractivity contribution in [2.75, 3.05) is 0 Å². The molecule has 0 heterocycles. The number of alkyl halides is 1. The fourth-order valence-corrected chi connectivity index (χ4v) is 4.64. The topological polar surface area (TPSA) is 50.4 Å². The molecule has 1 unspecified atom stereocenters. The Morgan fingerprint density at radius 3 is 1.67 bits per heavy atom. The van der Waals surface area contributed by atoms with E-state index in [2.05, 4.69) is 10.6 Å². The average molecular weight is 467 g/mol. The highest BCUT2D eigenvalue weighted by Gasteiger charge is 2.24. The maximum Gasteiger partial charge on any atom is 0.315 e. The highest BCUT2D eigenvalue weighted by atomic mass is 19.1. The summed E-state index contributed by atoms with van der Waals surface area (Å²) in [5, 5.41) is 6.50. The van der Waals surface area contributed by atoms with Crippen molar-refractivity contribution in [1.82, 2.24) is 10.6 Å². The Morgan fingerprint density at radius 2 is 1.27 bits per heavy atom. The highest BCUT2D eigenvalue weighted by molar-refractivity contribution is 5.74. The number of urea groups is 1. The summed E-state index contributed by atoms with van der Waals surface area (Å²) in [5.74, 6) is 1.01. The number of allylic oxidation sites excluding steroid dienone is 4. The minimum atomic E-state index is -0.782. The van der Waals surface area contributed by atoms with Gasteiger partial charge in [0, 0.05) is 12.1 Å². The summed E-state index contributed by atoms with van der Waals surface area (Å²) in [4.78, 5) is 12.5. The molecule has 2 aliphatic rings. The minimum absolute atomic E-state index is 0.0427. The van der Waals surface area contributed by atoms with Crippen molar-refractivity contribution in [3.63, 3.8) is 0 Å². The Morgan fingerprint density at radius 1 is 0.818 bits per heavy atom. The lowest BCUT2D eigenvalue weighted by Gasteiger charge is -2.30. The number of rotatable bonds is 5. The molecule has 2 saturated carbocycles. The smallest absolute Gasteiger partial charge is 0.315 e. The molecule has 2 rings (SSSR count). The van der Waals surface area contributed by atoms with Gasteiger partial charge in [0.25, 0.3) is 0 Å². The molecule has 0 aromatic carbocycles. The lowest BCUT2D eigenvalue weighted by Crippen LogP contribution is -2.47. The van der Waals surface area contributed by atoms with E-state index < -0.39 is 6.17 Å². The zero-order valence-corrected chi connectivity index (χ0v) is 21.8. The van der Waals surface area contributed by atoms with Crippen LogP contribution in [-0.4, -0.2) is 30.4 Å². The quantitative estimate of drug-likeness (QED) is 0.317. The van der Waals surface area contributed by atoms with Crippen LogP contribution in [-0.2, 0) is 4.74 Å². The van der Waals surface area contributed by atoms with Gasteiger partial charge >= 0.3 is 6.03 Å². The standard InChI is InChI=1S/C23H42N2O2.C5H9F/c1-3-19(2)27-22-17-15-21(16-18-22)25-23(26)24-20-13-11-9-7-5-4-6-8-10-12-14-20;1-3-4-5(2)6/h3,20-22H,4-18H2,1-2H3,(H2,24,25,26);3-5H,1-2H3/b19-3+;4-3-. The number of carbonyl (C=O) groups excluding carboxylic acids is 1. The molecule has 0 aliphatic heterocycles. The number of nitrogens with one attached hydrogen (secondary N) is 2. The summed E-state index contributed by atoms with van der Waals surface area (Å²) in [7, 11) is 0. The predicted octanol–water partition coefficient (Wildman–Crippen LogP) is 8.13. The molecule has 0 aromatic rings. The Kier molecular flexibility index (Phi) is 16.9. The molecule has 0 radical (unpaired) electrons. The largest absolute Gasteiger partial charge is 0.495 e. The van der Waals surface area contributed by atoms with Gasteiger partial charge in [-0.15, -0.1) is 0 Å². The molecule has 33 heavy (non-hydrogen) atoms. The third-order valence-corrected chi connectivity index (χ3v) is 6.67. The van der Waals surface area contributed by atoms with Gasteiger partial charge in [0.15, 0.2) is 0 Å². The van der Waals surface area contributed by atoms with Gasteiger partial charge in [0.05, 0.1) is 11.9 Å². The van der Waals surface area contributed by atoms with E-state index in [-0.39, 0.29) is 6.03 Å². The molecule has 2 fully saturated rings. The van der Waals surface area contributed by atoms with E-state index >= 15 is 0 Å². The minimum Gasteiger partial charge on any atom is -0.495 e. The maximum atomic E-state index is 12.5. The van der Waals surface area contributed by atoms with Crippen LogP contribution in [0.2, 0.25) is 0 Å². The van der Waals surface area contributed by atoms with Gasteiger partial charge in [-0.3, -0.25) is 0 Å². The maximum absolute atomic E-state index is 12.5. The molecule has 5 heteroatoms. The number of halogens is 1. The molecular formula is C28H51FN2O2. The average Bonchev–Trinajstić information content (AvgIpc) is 2.77. The van der Waals surface area contributed by atoms with Crippen molar-refractivity contribution >= 4 is 6.03 Å². The second-order valence-electron chi connectivity index (χ2n) is 9.77. The van der Waals surface area contributed by atoms with Crippen LogP contribution in [0.4, 0.5) is 9.18 Å². The van der Waals surface area contributed by atoms with Gasteiger partial charge in [-0.2, -0.15) is 0 Å². The van der Waals surface area contributed by atoms with E-state index in [1.807, 2.05) is 19.9 Å². The van der Waals surface area contributed by atoms with E-state index in [9.17, 15) is 9.18 Å². The molecule has 0 aromatic heterocycles. The van der Waals surface area contributed by atoms with Crippen LogP contribution in [0, 0.1) is 0 Å². The molecule has 2 amide bonds. The van der Waals surface area contributed by atoms with Crippen LogP contribution in [0.5, 0.6) is 0 Å². The Balaban J connectivity index is 0.000000801. The highest BCUT2D eigenvalue weighted by Crippen LogP contribution is 2.23. The summed E-state index contributed by atoms with van der Waals surface area (Å²) >= 11 is 0. The van der Waals surface area contributed by atoms with Crippen LogP contribution >= 0.6 is 0 Å². The zero-order chi connectivity index (χ0) is 24.3. The molecule has 2 N–H and O–H groups in total. The van der Waals surface area contributed by atoms with Gasteiger partial charge in [-0.25, -0.2) is 9.18 Å². The van der Waals surface area contributed by atoms with Crippen LogP contribution in [0.1, 0.15) is 124 Å². The number of carbonyl (C=O) groups is 1. The SMILES string of the molecule is C/C=C(\C)OC1CCC(NC(=O)NC2CCCCCCCCCCC2)CC1.C/C=C\C(C)F. The second-order valence-corrected chi connectivity index (χ2v) is 9.77. The van der Waals surface area contributed by atoms with Crippen molar-refractivity contribution in [3.8, 4) is 0 Å². The predicted molar refractivity (Wildman–Crippen MR) is 138 cm³/mol. The molecule has 0 saturated heterocycles. The van der Waals surface area contributed by atoms with Gasteiger partial charge in [0.2, 0.25) is 0 Å². The van der Waals surface area contributed by atoms with Crippen molar-refractivity contribution in [1.29, 1.82) is 0 Å². The first-order valence-electron chi connectivity index (χ1n) is 13.6. The first kappa shape index (κ1) is 29.5. The number of ether oxygens (including phenoxy) is 1. The molecule has 1 atom stereocenters. The Hall–Kier alpha value is -1.52. The summed E-state index contributed by atoms with van der Waals surface area (Å²) < 4.78 is 17.5. The van der Waals surface area contributed by atoms with Crippen LogP contribution in [0.3, 0.4) is 0 Å². The van der Waals surface area contributed by atoms with Gasteiger partial charge < -0.3 is 15.4 Å². The van der Waals surface area contributed by atoms with E-state index in [1.54, 1.807) is 13.0 Å². The van der Waals surface area contributed by atoms with Crippen molar-refractivity contribution < 1.29 is 13.9 Å². The fourth-order valence-electron chi connectivity index (χ4n) is 4.64. The monoisotopic (exact) mass is 466 g/mol. The Bertz CT molecular complexity index is 542. The fraction of sp³-hybridized carbons (Fsp3) is 0.821. The van der Waals surface area contributed by atoms with Gasteiger partial charge in [0.1, 0.15) is 6.17 Å². The molecule has 4 nitrogen and oxygen atoms in total. The zero-order valence-electron chi connectivity index (χ0n) is 21.8. The number of hydrogen-bond acceptors (Lipinski definition) is 2. The first-order valence-corrected chi connectivity index (χ1v) is 13.6. The molecule has 0 spiro atoms. The lowest BCUT2D eigenvalue weighted by molar-refractivity contribution is 0.0751. The van der Waals surface area contributed by atoms with Gasteiger partial charge in [-0.05, 0) is 72.3 Å². The van der Waals surface area contributed by atoms with Crippen LogP contribution < -0.4 is 10.6 Å². The van der Waals surface area contributed by atoms with E-state index in [4.69, 9.17) is 4.74 Å². The van der Waals surface area contributed by atoms with Crippen molar-refractivity contribution in [2.45, 2.75) is 148 Å². The van der Waals surface area contributed by atoms with Crippen molar-refractivity contribution in [2.24, 2.45) is 0 Å². The molecule has 192 valence electrons. The molecule has 0 bridgehead atoms. The third kappa shape index (κ3) is 15.9. The normalized spacial score (nSPS) is 25.1. The number of amides is 2. The van der Waals surface area contributed by atoms with E-state index in [1.165, 1.54) is 70.8 Å². The second kappa shape index (κ2) is 18.9. The summed E-state index contributed by atoms with van der Waals surface area (Å²) in [6, 6.07) is 0.685. The summed E-state index contributed by atoms with van der Waals surface area (Å²) in [6.45, 7) is 7.33.